The molecular formula is C28H37N7O4. The largest absolute Gasteiger partial charge is 0.444 e. The summed E-state index contributed by atoms with van der Waals surface area (Å²) >= 11 is 0. The van der Waals surface area contributed by atoms with Crippen LogP contribution in [0.1, 0.15) is 97.6 Å². The fourth-order valence-corrected chi connectivity index (χ4v) is 3.64. The van der Waals surface area contributed by atoms with Crippen molar-refractivity contribution in [1.29, 1.82) is 5.26 Å². The Balaban J connectivity index is 1.83. The molecule has 3 heterocycles. The van der Waals surface area contributed by atoms with Gasteiger partial charge in [-0.1, -0.05) is 25.9 Å². The van der Waals surface area contributed by atoms with Crippen molar-refractivity contribution in [2.24, 2.45) is 0 Å². The smallest absolute Gasteiger partial charge is 0.413 e. The molecule has 0 aromatic carbocycles. The molecule has 3 aromatic heterocycles. The third-order valence-electron chi connectivity index (χ3n) is 6.36. The molecule has 0 bridgehead atoms. The van der Waals surface area contributed by atoms with E-state index in [-0.39, 0.29) is 34.6 Å². The van der Waals surface area contributed by atoms with Crippen LogP contribution in [0.4, 0.5) is 16.5 Å². The van der Waals surface area contributed by atoms with Crippen LogP contribution in [0.5, 0.6) is 0 Å². The van der Waals surface area contributed by atoms with E-state index in [9.17, 15) is 14.9 Å². The standard InChI is InChI=1S/C28H37N7O4/c1-10-28(8,9)21-13-22(39-34-21)31-25(36)17(4)20-12-11-18(15-30-20)23-19(14-29)24(35(33-23)16(2)3)32-26(37)38-27(5,6)7/h11-13,15-17H,10H2,1-9H3,(H,31,36)(H,32,37). The molecule has 208 valence electrons. The number of hydrogen-bond acceptors (Lipinski definition) is 8. The number of pyridine rings is 1. The second kappa shape index (κ2) is 11.3. The van der Waals surface area contributed by atoms with Gasteiger partial charge in [0.25, 0.3) is 0 Å². The first-order chi connectivity index (χ1) is 18.2. The lowest BCUT2D eigenvalue weighted by Gasteiger charge is -2.20. The predicted octanol–water partition coefficient (Wildman–Crippen LogP) is 6.16. The van der Waals surface area contributed by atoms with E-state index in [1.807, 2.05) is 13.8 Å². The topological polar surface area (TPSA) is 148 Å². The van der Waals surface area contributed by atoms with Crippen molar-refractivity contribution in [3.8, 4) is 17.3 Å². The van der Waals surface area contributed by atoms with Gasteiger partial charge in [-0.2, -0.15) is 10.4 Å². The molecule has 0 radical (unpaired) electrons. The summed E-state index contributed by atoms with van der Waals surface area (Å²) in [6.45, 7) is 17.0. The highest BCUT2D eigenvalue weighted by atomic mass is 16.6. The predicted molar refractivity (Wildman–Crippen MR) is 147 cm³/mol. The molecule has 11 heteroatoms. The van der Waals surface area contributed by atoms with Gasteiger partial charge in [-0.25, -0.2) is 9.48 Å². The monoisotopic (exact) mass is 535 g/mol. The fraction of sp³-hybridized carbons (Fsp3) is 0.500. The molecule has 0 saturated heterocycles. The third-order valence-corrected chi connectivity index (χ3v) is 6.36. The second-order valence-electron chi connectivity index (χ2n) is 11.3. The van der Waals surface area contributed by atoms with E-state index in [1.54, 1.807) is 56.8 Å². The Morgan fingerprint density at radius 2 is 1.85 bits per heavy atom. The van der Waals surface area contributed by atoms with Crippen molar-refractivity contribution in [1.82, 2.24) is 19.9 Å². The van der Waals surface area contributed by atoms with Crippen LogP contribution in [-0.2, 0) is 14.9 Å². The van der Waals surface area contributed by atoms with E-state index >= 15 is 0 Å². The van der Waals surface area contributed by atoms with E-state index in [2.05, 4.69) is 52.7 Å². The molecule has 39 heavy (non-hydrogen) atoms. The molecule has 3 aromatic rings. The van der Waals surface area contributed by atoms with Crippen LogP contribution < -0.4 is 10.6 Å². The van der Waals surface area contributed by atoms with Gasteiger partial charge in [-0.15, -0.1) is 0 Å². The van der Waals surface area contributed by atoms with Crippen LogP contribution in [-0.4, -0.2) is 37.5 Å². The maximum atomic E-state index is 12.9. The molecular weight excluding hydrogens is 498 g/mol. The average Bonchev–Trinajstić information content (AvgIpc) is 3.47. The molecule has 0 aliphatic carbocycles. The Hall–Kier alpha value is -4.20. The van der Waals surface area contributed by atoms with Gasteiger partial charge >= 0.3 is 6.09 Å². The van der Waals surface area contributed by atoms with Gasteiger partial charge in [0.2, 0.25) is 11.8 Å². The van der Waals surface area contributed by atoms with E-state index in [1.165, 1.54) is 0 Å². The van der Waals surface area contributed by atoms with E-state index in [0.717, 1.165) is 12.1 Å². The van der Waals surface area contributed by atoms with E-state index in [4.69, 9.17) is 9.26 Å². The van der Waals surface area contributed by atoms with Gasteiger partial charge in [0.1, 0.15) is 22.9 Å². The number of ether oxygens (including phenoxy) is 1. The van der Waals surface area contributed by atoms with Gasteiger partial charge in [-0.3, -0.25) is 20.4 Å². The van der Waals surface area contributed by atoms with Crippen molar-refractivity contribution in [3.05, 3.63) is 41.3 Å². The number of hydrogen-bond donors (Lipinski definition) is 2. The molecule has 0 spiro atoms. The molecule has 0 aliphatic heterocycles. The van der Waals surface area contributed by atoms with Crippen molar-refractivity contribution in [2.75, 3.05) is 10.6 Å². The molecule has 2 amide bonds. The highest BCUT2D eigenvalue weighted by Gasteiger charge is 2.27. The number of rotatable bonds is 8. The summed E-state index contributed by atoms with van der Waals surface area (Å²) in [5.74, 6) is -0.355. The first-order valence-corrected chi connectivity index (χ1v) is 12.9. The van der Waals surface area contributed by atoms with E-state index < -0.39 is 17.6 Å². The minimum atomic E-state index is -0.701. The lowest BCUT2D eigenvalue weighted by molar-refractivity contribution is -0.117. The van der Waals surface area contributed by atoms with Gasteiger partial charge in [-0.05, 0) is 60.1 Å². The number of aromatic nitrogens is 4. The number of carbonyl (C=O) groups is 2. The Labute approximate surface area is 228 Å². The van der Waals surface area contributed by atoms with Gasteiger partial charge in [0, 0.05) is 29.3 Å². The van der Waals surface area contributed by atoms with Crippen LogP contribution in [0, 0.1) is 11.3 Å². The lowest BCUT2D eigenvalue weighted by atomic mass is 9.87. The summed E-state index contributed by atoms with van der Waals surface area (Å²) in [7, 11) is 0. The Morgan fingerprint density at radius 1 is 1.15 bits per heavy atom. The lowest BCUT2D eigenvalue weighted by Crippen LogP contribution is -2.28. The average molecular weight is 536 g/mol. The summed E-state index contributed by atoms with van der Waals surface area (Å²) in [6.07, 6.45) is 1.75. The molecule has 2 N–H and O–H groups in total. The van der Waals surface area contributed by atoms with Gasteiger partial charge in [0.15, 0.2) is 5.82 Å². The maximum absolute atomic E-state index is 12.9. The van der Waals surface area contributed by atoms with E-state index in [0.29, 0.717) is 17.0 Å². The molecule has 11 nitrogen and oxygen atoms in total. The second-order valence-corrected chi connectivity index (χ2v) is 11.3. The highest BCUT2D eigenvalue weighted by Crippen LogP contribution is 2.32. The van der Waals surface area contributed by atoms with Crippen LogP contribution in [0.15, 0.2) is 28.9 Å². The molecule has 1 unspecified atom stereocenters. The van der Waals surface area contributed by atoms with Crippen LogP contribution in [0.3, 0.4) is 0 Å². The zero-order valence-corrected chi connectivity index (χ0v) is 24.0. The molecule has 0 saturated carbocycles. The van der Waals surface area contributed by atoms with Gasteiger partial charge in [0.05, 0.1) is 17.3 Å². The summed E-state index contributed by atoms with van der Waals surface area (Å²) in [4.78, 5) is 29.8. The number of nitrogens with one attached hydrogen (secondary N) is 2. The number of amides is 2. The van der Waals surface area contributed by atoms with Crippen molar-refractivity contribution in [2.45, 2.75) is 91.7 Å². The zero-order valence-electron chi connectivity index (χ0n) is 24.0. The third kappa shape index (κ3) is 6.82. The quantitative estimate of drug-likeness (QED) is 0.348. The Bertz CT molecular complexity index is 1370. The summed E-state index contributed by atoms with van der Waals surface area (Å²) in [5.41, 5.74) is 1.54. The highest BCUT2D eigenvalue weighted by molar-refractivity contribution is 5.94. The number of carbonyl (C=O) groups excluding carboxylic acids is 2. The Morgan fingerprint density at radius 3 is 2.38 bits per heavy atom. The number of anilines is 2. The van der Waals surface area contributed by atoms with Crippen molar-refractivity contribution in [3.63, 3.8) is 0 Å². The fourth-order valence-electron chi connectivity index (χ4n) is 3.64. The van der Waals surface area contributed by atoms with Crippen molar-refractivity contribution >= 4 is 23.7 Å². The SMILES string of the molecule is CCC(C)(C)c1cc(NC(=O)C(C)c2ccc(-c3nn(C(C)C)c(NC(=O)OC(C)(C)C)c3C#N)cn2)on1. The first-order valence-electron chi connectivity index (χ1n) is 12.9. The van der Waals surface area contributed by atoms with Crippen molar-refractivity contribution < 1.29 is 18.8 Å². The molecule has 1 atom stereocenters. The van der Waals surface area contributed by atoms with Gasteiger partial charge < -0.3 is 9.26 Å². The maximum Gasteiger partial charge on any atom is 0.413 e. The number of nitriles is 1. The normalized spacial score (nSPS) is 12.6. The Kier molecular flexibility index (Phi) is 8.48. The minimum Gasteiger partial charge on any atom is -0.444 e. The molecule has 3 rings (SSSR count). The molecule has 0 fully saturated rings. The van der Waals surface area contributed by atoms with Crippen LogP contribution >= 0.6 is 0 Å². The van der Waals surface area contributed by atoms with Crippen LogP contribution in [0.25, 0.3) is 11.3 Å². The zero-order chi connectivity index (χ0) is 29.1. The summed E-state index contributed by atoms with van der Waals surface area (Å²) in [6, 6.07) is 7.19. The number of nitrogens with zero attached hydrogens (tertiary/aromatic N) is 5. The van der Waals surface area contributed by atoms with Crippen LogP contribution in [0.2, 0.25) is 0 Å². The summed E-state index contributed by atoms with van der Waals surface area (Å²) < 4.78 is 12.2. The minimum absolute atomic E-state index is 0.147. The molecule has 0 aliphatic rings. The first kappa shape index (κ1) is 29.4. The summed E-state index contributed by atoms with van der Waals surface area (Å²) in [5, 5.41) is 24.0.